The fraction of sp³-hybridized carbons (Fsp3) is 0.0435. The van der Waals surface area contributed by atoms with Gasteiger partial charge in [0.2, 0.25) is 0 Å². The maximum atomic E-state index is 12.6. The topological polar surface area (TPSA) is 92.8 Å². The van der Waals surface area contributed by atoms with Crippen molar-refractivity contribution < 1.29 is 24.0 Å². The molecule has 1 aliphatic heterocycles. The van der Waals surface area contributed by atoms with E-state index in [0.717, 1.165) is 5.56 Å². The Balaban J connectivity index is 1.53. The van der Waals surface area contributed by atoms with Gasteiger partial charge in [0.25, 0.3) is 17.7 Å². The van der Waals surface area contributed by atoms with Crippen LogP contribution in [0.5, 0.6) is 0 Å². The first kappa shape index (κ1) is 19.1. The molecule has 3 amide bonds. The Morgan fingerprint density at radius 1 is 0.800 bits per heavy atom. The zero-order valence-electron chi connectivity index (χ0n) is 15.9. The highest BCUT2D eigenvalue weighted by Crippen LogP contribution is 2.24. The number of nitrogens with zero attached hydrogens (tertiary/aromatic N) is 1. The number of anilines is 1. The molecule has 0 atom stereocenters. The molecule has 148 valence electrons. The number of aryl methyl sites for hydroxylation is 1. The van der Waals surface area contributed by atoms with Gasteiger partial charge in [-0.3, -0.25) is 14.4 Å². The van der Waals surface area contributed by atoms with E-state index in [9.17, 15) is 19.2 Å². The first-order valence-electron chi connectivity index (χ1n) is 9.13. The smallest absolute Gasteiger partial charge is 0.324 e. The maximum Gasteiger partial charge on any atom is 0.364 e. The van der Waals surface area contributed by atoms with Crippen LogP contribution >= 0.6 is 0 Å². The molecule has 0 radical (unpaired) electrons. The van der Waals surface area contributed by atoms with Crippen LogP contribution in [0.25, 0.3) is 0 Å². The molecule has 3 aromatic carbocycles. The third kappa shape index (κ3) is 3.44. The van der Waals surface area contributed by atoms with Crippen LogP contribution in [-0.4, -0.2) is 28.8 Å². The van der Waals surface area contributed by atoms with Crippen LogP contribution in [0.15, 0.2) is 72.8 Å². The van der Waals surface area contributed by atoms with Gasteiger partial charge < -0.3 is 10.2 Å². The summed E-state index contributed by atoms with van der Waals surface area (Å²) < 4.78 is 0. The number of rotatable bonds is 4. The lowest BCUT2D eigenvalue weighted by Gasteiger charge is -2.14. The third-order valence-electron chi connectivity index (χ3n) is 4.69. The number of imide groups is 1. The minimum absolute atomic E-state index is 0.0838. The van der Waals surface area contributed by atoms with Crippen molar-refractivity contribution >= 4 is 29.4 Å². The van der Waals surface area contributed by atoms with Crippen LogP contribution in [0.2, 0.25) is 0 Å². The number of benzene rings is 3. The Hall–Kier alpha value is -4.26. The van der Waals surface area contributed by atoms with E-state index >= 15 is 0 Å². The molecule has 0 saturated carbocycles. The van der Waals surface area contributed by atoms with Crippen molar-refractivity contribution in [2.24, 2.45) is 0 Å². The molecule has 0 aliphatic carbocycles. The summed E-state index contributed by atoms with van der Waals surface area (Å²) in [5, 5.41) is 3.21. The van der Waals surface area contributed by atoms with Crippen LogP contribution in [0.1, 0.15) is 47.0 Å². The van der Waals surface area contributed by atoms with E-state index in [1.54, 1.807) is 55.5 Å². The largest absolute Gasteiger partial charge is 0.364 e. The van der Waals surface area contributed by atoms with Gasteiger partial charge in [0.05, 0.1) is 16.7 Å². The second kappa shape index (κ2) is 7.63. The zero-order valence-corrected chi connectivity index (χ0v) is 15.9. The lowest BCUT2D eigenvalue weighted by atomic mass is 10.1. The average molecular weight is 400 g/mol. The van der Waals surface area contributed by atoms with E-state index < -0.39 is 17.8 Å². The molecule has 1 N–H and O–H groups in total. The highest BCUT2D eigenvalue weighted by Gasteiger charge is 2.38. The van der Waals surface area contributed by atoms with E-state index in [-0.39, 0.29) is 22.6 Å². The van der Waals surface area contributed by atoms with Gasteiger partial charge in [-0.25, -0.2) is 4.79 Å². The summed E-state index contributed by atoms with van der Waals surface area (Å²) >= 11 is 0. The van der Waals surface area contributed by atoms with Gasteiger partial charge in [-0.15, -0.1) is 0 Å². The van der Waals surface area contributed by atoms with Gasteiger partial charge in [-0.2, -0.15) is 0 Å². The summed E-state index contributed by atoms with van der Waals surface area (Å²) in [5.41, 5.74) is 2.05. The normalized spacial score (nSPS) is 12.5. The van der Waals surface area contributed by atoms with Gasteiger partial charge in [-0.05, 0) is 48.9 Å². The SMILES string of the molecule is Cc1ccc(C(=O)ON2C(=O)c3ccccc3C2=O)cc1NC(=O)c1ccccc1. The van der Waals surface area contributed by atoms with Crippen molar-refractivity contribution in [2.75, 3.05) is 5.32 Å². The van der Waals surface area contributed by atoms with Crippen molar-refractivity contribution in [3.63, 3.8) is 0 Å². The summed E-state index contributed by atoms with van der Waals surface area (Å²) in [6.45, 7) is 1.78. The standard InChI is InChI=1S/C23H16N2O5/c1-14-11-12-16(13-19(14)24-20(26)15-7-3-2-4-8-15)23(29)30-25-21(27)17-9-5-6-10-18(17)22(25)28/h2-13H,1H3,(H,24,26). The van der Waals surface area contributed by atoms with Crippen LogP contribution in [0.4, 0.5) is 5.69 Å². The summed E-state index contributed by atoms with van der Waals surface area (Å²) in [6, 6.07) is 19.4. The molecule has 0 aromatic heterocycles. The summed E-state index contributed by atoms with van der Waals surface area (Å²) in [4.78, 5) is 54.8. The zero-order chi connectivity index (χ0) is 21.3. The van der Waals surface area contributed by atoms with E-state index in [0.29, 0.717) is 16.3 Å². The molecule has 7 heteroatoms. The average Bonchev–Trinajstić information content (AvgIpc) is 3.01. The van der Waals surface area contributed by atoms with Crippen molar-refractivity contribution in [1.29, 1.82) is 0 Å². The monoisotopic (exact) mass is 400 g/mol. The van der Waals surface area contributed by atoms with Crippen LogP contribution in [0.3, 0.4) is 0 Å². The summed E-state index contributed by atoms with van der Waals surface area (Å²) in [7, 11) is 0. The predicted molar refractivity (Wildman–Crippen MR) is 108 cm³/mol. The molecule has 0 saturated heterocycles. The number of hydrogen-bond donors (Lipinski definition) is 1. The molecule has 0 spiro atoms. The summed E-state index contributed by atoms with van der Waals surface area (Å²) in [6.07, 6.45) is 0. The summed E-state index contributed by atoms with van der Waals surface area (Å²) in [5.74, 6) is -2.62. The van der Waals surface area contributed by atoms with Gasteiger partial charge in [-0.1, -0.05) is 41.5 Å². The number of hydrogen-bond acceptors (Lipinski definition) is 5. The minimum atomic E-state index is -0.889. The molecule has 0 unspecified atom stereocenters. The maximum absolute atomic E-state index is 12.6. The molecule has 0 bridgehead atoms. The van der Waals surface area contributed by atoms with Crippen LogP contribution in [0, 0.1) is 6.92 Å². The Morgan fingerprint density at radius 3 is 2.03 bits per heavy atom. The van der Waals surface area contributed by atoms with E-state index in [4.69, 9.17) is 4.84 Å². The molecule has 4 rings (SSSR count). The van der Waals surface area contributed by atoms with Crippen molar-refractivity contribution in [3.05, 3.63) is 101 Å². The highest BCUT2D eigenvalue weighted by atomic mass is 16.7. The first-order valence-corrected chi connectivity index (χ1v) is 9.13. The lowest BCUT2D eigenvalue weighted by molar-refractivity contribution is -0.0584. The first-order chi connectivity index (χ1) is 14.5. The van der Waals surface area contributed by atoms with E-state index in [1.807, 2.05) is 0 Å². The van der Waals surface area contributed by atoms with Crippen molar-refractivity contribution in [1.82, 2.24) is 5.06 Å². The fourth-order valence-corrected chi connectivity index (χ4v) is 3.05. The van der Waals surface area contributed by atoms with Gasteiger partial charge in [0.1, 0.15) is 0 Å². The van der Waals surface area contributed by atoms with Crippen LogP contribution < -0.4 is 5.32 Å². The number of hydroxylamine groups is 2. The molecule has 7 nitrogen and oxygen atoms in total. The lowest BCUT2D eigenvalue weighted by Crippen LogP contribution is -2.32. The Labute approximate surface area is 171 Å². The highest BCUT2D eigenvalue weighted by molar-refractivity contribution is 6.21. The number of amides is 3. The number of carbonyl (C=O) groups is 4. The second-order valence-corrected chi connectivity index (χ2v) is 6.68. The molecular formula is C23H16N2O5. The van der Waals surface area contributed by atoms with E-state index in [2.05, 4.69) is 5.32 Å². The Morgan fingerprint density at radius 2 is 1.40 bits per heavy atom. The molecule has 0 fully saturated rings. The van der Waals surface area contributed by atoms with Gasteiger partial charge in [0, 0.05) is 11.3 Å². The number of nitrogens with one attached hydrogen (secondary N) is 1. The third-order valence-corrected chi connectivity index (χ3v) is 4.69. The van der Waals surface area contributed by atoms with Crippen molar-refractivity contribution in [2.45, 2.75) is 6.92 Å². The molecule has 1 heterocycles. The second-order valence-electron chi connectivity index (χ2n) is 6.68. The fourth-order valence-electron chi connectivity index (χ4n) is 3.05. The predicted octanol–water partition coefficient (Wildman–Crippen LogP) is 3.62. The van der Waals surface area contributed by atoms with Gasteiger partial charge in [0.15, 0.2) is 0 Å². The quantitative estimate of drug-likeness (QED) is 0.676. The van der Waals surface area contributed by atoms with Gasteiger partial charge >= 0.3 is 5.97 Å². The van der Waals surface area contributed by atoms with E-state index in [1.165, 1.54) is 24.3 Å². The number of carbonyl (C=O) groups excluding carboxylic acids is 4. The van der Waals surface area contributed by atoms with Crippen LogP contribution in [-0.2, 0) is 4.84 Å². The molecule has 3 aromatic rings. The minimum Gasteiger partial charge on any atom is -0.324 e. The Kier molecular flexibility index (Phi) is 4.85. The molecule has 30 heavy (non-hydrogen) atoms. The number of fused-ring (bicyclic) bond motifs is 1. The van der Waals surface area contributed by atoms with Crippen molar-refractivity contribution in [3.8, 4) is 0 Å². The Bertz CT molecular complexity index is 1150. The molecular weight excluding hydrogens is 384 g/mol. The molecule has 1 aliphatic rings.